The maximum atomic E-state index is 12.9. The molecule has 0 radical (unpaired) electrons. The maximum absolute atomic E-state index is 12.9. The lowest BCUT2D eigenvalue weighted by molar-refractivity contribution is -0.143. The highest BCUT2D eigenvalue weighted by atomic mass is 16.6. The standard InChI is InChI=1S/C25H33N3O5/c1-2-33-25(32)27-14-12-20(13-15-27)28-16-21(22(29)24(28)31)23(30)26-19-10-8-18(9-11-19)17-6-4-3-5-7-17/h3-7,18-21H,2,8-16H2,1H3,(H,26,30). The van der Waals surface area contributed by atoms with Crippen LogP contribution in [0.3, 0.4) is 0 Å². The molecule has 1 aromatic rings. The Balaban J connectivity index is 1.27. The Morgan fingerprint density at radius 2 is 1.67 bits per heavy atom. The molecule has 0 spiro atoms. The van der Waals surface area contributed by atoms with Gasteiger partial charge in [0.1, 0.15) is 5.92 Å². The Labute approximate surface area is 194 Å². The third kappa shape index (κ3) is 5.20. The van der Waals surface area contributed by atoms with Crippen LogP contribution in [0.25, 0.3) is 0 Å². The van der Waals surface area contributed by atoms with Gasteiger partial charge in [-0.15, -0.1) is 0 Å². The number of carbonyl (C=O) groups is 4. The normalized spacial score (nSPS) is 26.4. The van der Waals surface area contributed by atoms with Gasteiger partial charge < -0.3 is 19.9 Å². The molecule has 3 amide bonds. The van der Waals surface area contributed by atoms with Crippen LogP contribution in [0, 0.1) is 5.92 Å². The number of likely N-dealkylation sites (tertiary alicyclic amines) is 2. The Morgan fingerprint density at radius 1 is 1.00 bits per heavy atom. The lowest BCUT2D eigenvalue weighted by atomic mass is 9.81. The molecule has 1 aliphatic carbocycles. The summed E-state index contributed by atoms with van der Waals surface area (Å²) in [5.74, 6) is -1.95. The fourth-order valence-corrected chi connectivity index (χ4v) is 5.34. The van der Waals surface area contributed by atoms with Gasteiger partial charge in [0.05, 0.1) is 6.61 Å². The summed E-state index contributed by atoms with van der Waals surface area (Å²) in [4.78, 5) is 53.2. The first-order valence-electron chi connectivity index (χ1n) is 12.1. The molecule has 0 bridgehead atoms. The van der Waals surface area contributed by atoms with Crippen LogP contribution >= 0.6 is 0 Å². The molecule has 8 nitrogen and oxygen atoms in total. The van der Waals surface area contributed by atoms with E-state index in [1.807, 2.05) is 6.07 Å². The van der Waals surface area contributed by atoms with E-state index < -0.39 is 17.6 Å². The van der Waals surface area contributed by atoms with Gasteiger partial charge in [0.15, 0.2) is 0 Å². The summed E-state index contributed by atoms with van der Waals surface area (Å²) in [7, 11) is 0. The number of benzene rings is 1. The first-order chi connectivity index (χ1) is 16.0. The van der Waals surface area contributed by atoms with E-state index in [1.165, 1.54) is 5.56 Å². The topological polar surface area (TPSA) is 96.0 Å². The number of piperidine rings is 1. The molecule has 2 saturated heterocycles. The molecule has 33 heavy (non-hydrogen) atoms. The number of hydrogen-bond acceptors (Lipinski definition) is 5. The number of Topliss-reactive ketones (excluding diaryl/α,β-unsaturated/α-hetero) is 1. The van der Waals surface area contributed by atoms with Crippen LogP contribution in [0.4, 0.5) is 4.79 Å². The van der Waals surface area contributed by atoms with Crippen molar-refractivity contribution in [3.8, 4) is 0 Å². The van der Waals surface area contributed by atoms with Crippen LogP contribution < -0.4 is 5.32 Å². The Kier molecular flexibility index (Phi) is 7.30. The molecule has 0 aromatic heterocycles. The van der Waals surface area contributed by atoms with Crippen molar-refractivity contribution in [2.45, 2.75) is 63.5 Å². The number of carbonyl (C=O) groups excluding carboxylic acids is 4. The van der Waals surface area contributed by atoms with Gasteiger partial charge in [-0.25, -0.2) is 4.79 Å². The molecule has 4 rings (SSSR count). The largest absolute Gasteiger partial charge is 0.450 e. The molecule has 2 aliphatic heterocycles. The van der Waals surface area contributed by atoms with Crippen LogP contribution in [0.2, 0.25) is 0 Å². The zero-order valence-corrected chi connectivity index (χ0v) is 19.2. The number of amides is 3. The Bertz CT molecular complexity index is 873. The second-order valence-corrected chi connectivity index (χ2v) is 9.26. The molecule has 1 N–H and O–H groups in total. The average Bonchev–Trinajstić information content (AvgIpc) is 3.15. The molecule has 1 atom stereocenters. The lowest BCUT2D eigenvalue weighted by Gasteiger charge is -2.35. The highest BCUT2D eigenvalue weighted by Crippen LogP contribution is 2.33. The van der Waals surface area contributed by atoms with E-state index in [0.29, 0.717) is 38.5 Å². The van der Waals surface area contributed by atoms with E-state index in [1.54, 1.807) is 16.7 Å². The lowest BCUT2D eigenvalue weighted by Crippen LogP contribution is -2.48. The fraction of sp³-hybridized carbons (Fsp3) is 0.600. The average molecular weight is 456 g/mol. The molecule has 1 unspecified atom stereocenters. The summed E-state index contributed by atoms with van der Waals surface area (Å²) >= 11 is 0. The molecule has 2 heterocycles. The molecule has 1 aromatic carbocycles. The number of hydrogen-bond donors (Lipinski definition) is 1. The van der Waals surface area contributed by atoms with E-state index in [4.69, 9.17) is 4.74 Å². The van der Waals surface area contributed by atoms with Crippen LogP contribution in [0.1, 0.15) is 56.9 Å². The van der Waals surface area contributed by atoms with E-state index in [2.05, 4.69) is 29.6 Å². The van der Waals surface area contributed by atoms with Crippen molar-refractivity contribution >= 4 is 23.7 Å². The Hall–Kier alpha value is -2.90. The highest BCUT2D eigenvalue weighted by molar-refractivity contribution is 6.42. The minimum absolute atomic E-state index is 0.0437. The van der Waals surface area contributed by atoms with Crippen molar-refractivity contribution in [1.82, 2.24) is 15.1 Å². The van der Waals surface area contributed by atoms with Crippen LogP contribution in [0.5, 0.6) is 0 Å². The smallest absolute Gasteiger partial charge is 0.409 e. The van der Waals surface area contributed by atoms with Gasteiger partial charge in [0.2, 0.25) is 11.7 Å². The van der Waals surface area contributed by atoms with Crippen LogP contribution in [-0.4, -0.2) is 71.8 Å². The number of rotatable bonds is 5. The fourth-order valence-electron chi connectivity index (χ4n) is 5.34. The van der Waals surface area contributed by atoms with E-state index >= 15 is 0 Å². The highest BCUT2D eigenvalue weighted by Gasteiger charge is 2.46. The third-order valence-corrected chi connectivity index (χ3v) is 7.26. The summed E-state index contributed by atoms with van der Waals surface area (Å²) in [6.07, 6.45) is 4.55. The Morgan fingerprint density at radius 3 is 2.30 bits per heavy atom. The first-order valence-corrected chi connectivity index (χ1v) is 12.1. The van der Waals surface area contributed by atoms with E-state index in [9.17, 15) is 19.2 Å². The third-order valence-electron chi connectivity index (χ3n) is 7.26. The van der Waals surface area contributed by atoms with E-state index in [-0.39, 0.29) is 30.6 Å². The van der Waals surface area contributed by atoms with Gasteiger partial charge in [-0.2, -0.15) is 0 Å². The summed E-state index contributed by atoms with van der Waals surface area (Å²) in [6.45, 7) is 3.17. The zero-order chi connectivity index (χ0) is 23.4. The first kappa shape index (κ1) is 23.3. The molecular weight excluding hydrogens is 422 g/mol. The number of ketones is 1. The number of nitrogens with zero attached hydrogens (tertiary/aromatic N) is 2. The molecule has 3 aliphatic rings. The summed E-state index contributed by atoms with van der Waals surface area (Å²) in [5, 5.41) is 3.04. The molecule has 3 fully saturated rings. The van der Waals surface area contributed by atoms with E-state index in [0.717, 1.165) is 25.7 Å². The second kappa shape index (κ2) is 10.4. The summed E-state index contributed by atoms with van der Waals surface area (Å²) in [6, 6.07) is 10.3. The minimum atomic E-state index is -0.938. The zero-order valence-electron chi connectivity index (χ0n) is 19.2. The maximum Gasteiger partial charge on any atom is 0.409 e. The van der Waals surface area contributed by atoms with Crippen molar-refractivity contribution in [2.75, 3.05) is 26.2 Å². The molecule has 178 valence electrons. The number of ether oxygens (including phenoxy) is 1. The van der Waals surface area contributed by atoms with Crippen molar-refractivity contribution in [2.24, 2.45) is 5.92 Å². The van der Waals surface area contributed by atoms with Gasteiger partial charge in [-0.1, -0.05) is 30.3 Å². The monoisotopic (exact) mass is 455 g/mol. The molecular formula is C25H33N3O5. The van der Waals surface area contributed by atoms with Gasteiger partial charge in [-0.05, 0) is 56.9 Å². The second-order valence-electron chi connectivity index (χ2n) is 9.26. The molecule has 1 saturated carbocycles. The van der Waals surface area contributed by atoms with Crippen molar-refractivity contribution in [3.05, 3.63) is 35.9 Å². The van der Waals surface area contributed by atoms with Gasteiger partial charge >= 0.3 is 6.09 Å². The summed E-state index contributed by atoms with van der Waals surface area (Å²) < 4.78 is 5.03. The van der Waals surface area contributed by atoms with Crippen molar-refractivity contribution in [3.63, 3.8) is 0 Å². The minimum Gasteiger partial charge on any atom is -0.450 e. The summed E-state index contributed by atoms with van der Waals surface area (Å²) in [5.41, 5.74) is 1.34. The number of nitrogens with one attached hydrogen (secondary N) is 1. The van der Waals surface area contributed by atoms with Crippen LogP contribution in [0.15, 0.2) is 30.3 Å². The van der Waals surface area contributed by atoms with Crippen molar-refractivity contribution in [1.29, 1.82) is 0 Å². The predicted octanol–water partition coefficient (Wildman–Crippen LogP) is 2.48. The predicted molar refractivity (Wildman–Crippen MR) is 121 cm³/mol. The van der Waals surface area contributed by atoms with Crippen molar-refractivity contribution < 1.29 is 23.9 Å². The van der Waals surface area contributed by atoms with Gasteiger partial charge in [0, 0.05) is 31.7 Å². The molecule has 8 heteroatoms. The van der Waals surface area contributed by atoms with Gasteiger partial charge in [-0.3, -0.25) is 14.4 Å². The van der Waals surface area contributed by atoms with Gasteiger partial charge in [0.25, 0.3) is 5.91 Å². The SMILES string of the molecule is CCOC(=O)N1CCC(N2CC(C(=O)NC3CCC(c4ccccc4)CC3)C(=O)C2=O)CC1. The quantitative estimate of drug-likeness (QED) is 0.544. The van der Waals surface area contributed by atoms with Crippen LogP contribution in [-0.2, 0) is 19.1 Å².